The fraction of sp³-hybridized carbons (Fsp3) is 0.833. The molecule has 1 nitrogen and oxygen atoms in total. The molecule has 1 aliphatic heterocycles. The van der Waals surface area contributed by atoms with Crippen LogP contribution in [0.5, 0.6) is 0 Å². The van der Waals surface area contributed by atoms with E-state index in [9.17, 15) is 0 Å². The number of rotatable bonds is 6. The molecule has 1 aliphatic rings. The van der Waals surface area contributed by atoms with E-state index in [0.717, 1.165) is 6.42 Å². The summed E-state index contributed by atoms with van der Waals surface area (Å²) < 4.78 is 5.88. The Kier molecular flexibility index (Phi) is 5.14. The Hall–Kier alpha value is -0.300. The molecule has 0 amide bonds. The van der Waals surface area contributed by atoms with E-state index in [1.165, 1.54) is 38.5 Å². The second-order valence-corrected chi connectivity index (χ2v) is 3.98. The van der Waals surface area contributed by atoms with E-state index in [2.05, 4.69) is 13.5 Å². The van der Waals surface area contributed by atoms with Crippen LogP contribution in [-0.4, -0.2) is 12.2 Å². The van der Waals surface area contributed by atoms with Crippen LogP contribution in [0.1, 0.15) is 51.9 Å². The number of hydrogen-bond donors (Lipinski definition) is 0. The first-order valence-electron chi connectivity index (χ1n) is 5.63. The van der Waals surface area contributed by atoms with Gasteiger partial charge in [0.1, 0.15) is 0 Å². The van der Waals surface area contributed by atoms with Crippen molar-refractivity contribution >= 4 is 0 Å². The van der Waals surface area contributed by atoms with Crippen molar-refractivity contribution in [1.29, 1.82) is 0 Å². The third kappa shape index (κ3) is 3.95. The van der Waals surface area contributed by atoms with E-state index in [1.54, 1.807) is 0 Å². The van der Waals surface area contributed by atoms with Crippen LogP contribution in [0.2, 0.25) is 0 Å². The Balaban J connectivity index is 2.06. The Bertz CT molecular complexity index is 142. The highest BCUT2D eigenvalue weighted by Gasteiger charge is 2.23. The molecule has 1 heteroatoms. The average molecular weight is 182 g/mol. The first-order chi connectivity index (χ1) is 6.36. The van der Waals surface area contributed by atoms with Gasteiger partial charge in [-0.1, -0.05) is 32.3 Å². The smallest absolute Gasteiger partial charge is 0.0614 e. The zero-order valence-electron chi connectivity index (χ0n) is 8.80. The van der Waals surface area contributed by atoms with E-state index in [0.29, 0.717) is 12.2 Å². The first-order valence-corrected chi connectivity index (χ1v) is 5.63. The first kappa shape index (κ1) is 10.8. The van der Waals surface area contributed by atoms with Gasteiger partial charge in [-0.25, -0.2) is 0 Å². The lowest BCUT2D eigenvalue weighted by Crippen LogP contribution is -2.09. The fourth-order valence-electron chi connectivity index (χ4n) is 1.97. The molecule has 0 saturated carbocycles. The lowest BCUT2D eigenvalue weighted by atomic mass is 10.1. The van der Waals surface area contributed by atoms with Crippen LogP contribution in [0, 0.1) is 0 Å². The van der Waals surface area contributed by atoms with Crippen molar-refractivity contribution in [2.24, 2.45) is 0 Å². The van der Waals surface area contributed by atoms with Gasteiger partial charge in [0.2, 0.25) is 0 Å². The molecular formula is C12H22O. The average Bonchev–Trinajstić information content (AvgIpc) is 2.54. The zero-order valence-corrected chi connectivity index (χ0v) is 8.80. The molecule has 0 aromatic heterocycles. The van der Waals surface area contributed by atoms with Crippen molar-refractivity contribution < 1.29 is 4.74 Å². The van der Waals surface area contributed by atoms with Crippen LogP contribution in [-0.2, 0) is 4.74 Å². The topological polar surface area (TPSA) is 9.23 Å². The SMILES string of the molecule is C=CCC1CCC(CCCCC)O1. The molecule has 0 spiro atoms. The van der Waals surface area contributed by atoms with Crippen LogP contribution < -0.4 is 0 Å². The van der Waals surface area contributed by atoms with Crippen molar-refractivity contribution in [1.82, 2.24) is 0 Å². The molecule has 0 aliphatic carbocycles. The van der Waals surface area contributed by atoms with Crippen molar-refractivity contribution in [3.05, 3.63) is 12.7 Å². The predicted molar refractivity (Wildman–Crippen MR) is 56.9 cm³/mol. The molecule has 0 radical (unpaired) electrons. The van der Waals surface area contributed by atoms with E-state index in [1.807, 2.05) is 6.08 Å². The van der Waals surface area contributed by atoms with E-state index in [4.69, 9.17) is 4.74 Å². The van der Waals surface area contributed by atoms with E-state index < -0.39 is 0 Å². The highest BCUT2D eigenvalue weighted by molar-refractivity contribution is 4.80. The molecule has 0 aromatic carbocycles. The fourth-order valence-corrected chi connectivity index (χ4v) is 1.97. The third-order valence-electron chi connectivity index (χ3n) is 2.75. The van der Waals surface area contributed by atoms with Crippen LogP contribution in [0.25, 0.3) is 0 Å². The molecule has 0 N–H and O–H groups in total. The summed E-state index contributed by atoms with van der Waals surface area (Å²) in [6, 6.07) is 0. The van der Waals surface area contributed by atoms with Gasteiger partial charge < -0.3 is 4.74 Å². The highest BCUT2D eigenvalue weighted by atomic mass is 16.5. The summed E-state index contributed by atoms with van der Waals surface area (Å²) in [5, 5.41) is 0. The zero-order chi connectivity index (χ0) is 9.52. The molecule has 0 aromatic rings. The molecule has 1 saturated heterocycles. The Morgan fingerprint density at radius 2 is 2.08 bits per heavy atom. The summed E-state index contributed by atoms with van der Waals surface area (Å²) in [5.41, 5.74) is 0. The normalized spacial score (nSPS) is 27.8. The second kappa shape index (κ2) is 6.20. The number of ether oxygens (including phenoxy) is 1. The Morgan fingerprint density at radius 3 is 2.77 bits per heavy atom. The van der Waals surface area contributed by atoms with Crippen LogP contribution in [0.4, 0.5) is 0 Å². The molecule has 0 bridgehead atoms. The quantitative estimate of drug-likeness (QED) is 0.449. The van der Waals surface area contributed by atoms with E-state index >= 15 is 0 Å². The van der Waals surface area contributed by atoms with Gasteiger partial charge >= 0.3 is 0 Å². The van der Waals surface area contributed by atoms with Crippen molar-refractivity contribution in [2.45, 2.75) is 64.1 Å². The van der Waals surface area contributed by atoms with Gasteiger partial charge in [-0.2, -0.15) is 0 Å². The maximum Gasteiger partial charge on any atom is 0.0614 e. The maximum absolute atomic E-state index is 5.88. The van der Waals surface area contributed by atoms with Gasteiger partial charge in [-0.15, -0.1) is 6.58 Å². The molecule has 1 fully saturated rings. The number of hydrogen-bond acceptors (Lipinski definition) is 1. The minimum absolute atomic E-state index is 0.476. The van der Waals surface area contributed by atoms with Crippen LogP contribution >= 0.6 is 0 Å². The minimum Gasteiger partial charge on any atom is -0.375 e. The van der Waals surface area contributed by atoms with Crippen molar-refractivity contribution in [3.63, 3.8) is 0 Å². The number of unbranched alkanes of at least 4 members (excludes halogenated alkanes) is 2. The minimum atomic E-state index is 0.476. The monoisotopic (exact) mass is 182 g/mol. The lowest BCUT2D eigenvalue weighted by Gasteiger charge is -2.11. The lowest BCUT2D eigenvalue weighted by molar-refractivity contribution is 0.0411. The molecule has 1 rings (SSSR count). The van der Waals surface area contributed by atoms with Gasteiger partial charge in [-0.3, -0.25) is 0 Å². The van der Waals surface area contributed by atoms with Gasteiger partial charge in [0, 0.05) is 0 Å². The van der Waals surface area contributed by atoms with E-state index in [-0.39, 0.29) is 0 Å². The van der Waals surface area contributed by atoms with Crippen molar-refractivity contribution in [3.8, 4) is 0 Å². The summed E-state index contributed by atoms with van der Waals surface area (Å²) >= 11 is 0. The van der Waals surface area contributed by atoms with Crippen LogP contribution in [0.3, 0.4) is 0 Å². The summed E-state index contributed by atoms with van der Waals surface area (Å²) in [7, 11) is 0. The van der Waals surface area contributed by atoms with Crippen molar-refractivity contribution in [2.75, 3.05) is 0 Å². The van der Waals surface area contributed by atoms with Gasteiger partial charge in [0.15, 0.2) is 0 Å². The summed E-state index contributed by atoms with van der Waals surface area (Å²) in [4.78, 5) is 0. The van der Waals surface area contributed by atoms with Gasteiger partial charge in [0.05, 0.1) is 12.2 Å². The second-order valence-electron chi connectivity index (χ2n) is 3.98. The van der Waals surface area contributed by atoms with Gasteiger partial charge in [0.25, 0.3) is 0 Å². The third-order valence-corrected chi connectivity index (χ3v) is 2.75. The summed E-state index contributed by atoms with van der Waals surface area (Å²) in [6.07, 6.45) is 11.8. The predicted octanol–water partition coefficient (Wildman–Crippen LogP) is 3.69. The largest absolute Gasteiger partial charge is 0.375 e. The molecule has 76 valence electrons. The molecule has 2 atom stereocenters. The maximum atomic E-state index is 5.88. The summed E-state index contributed by atoms with van der Waals surface area (Å²) in [5.74, 6) is 0. The summed E-state index contributed by atoms with van der Waals surface area (Å²) in [6.45, 7) is 5.99. The molecule has 2 unspecified atom stereocenters. The Morgan fingerprint density at radius 1 is 1.31 bits per heavy atom. The van der Waals surface area contributed by atoms with Crippen LogP contribution in [0.15, 0.2) is 12.7 Å². The molecule has 1 heterocycles. The molecule has 13 heavy (non-hydrogen) atoms. The standard InChI is InChI=1S/C12H22O/c1-3-5-6-8-12-10-9-11(13-12)7-4-2/h4,11-12H,2-3,5-10H2,1H3. The highest BCUT2D eigenvalue weighted by Crippen LogP contribution is 2.25. The van der Waals surface area contributed by atoms with Gasteiger partial charge in [-0.05, 0) is 25.7 Å². The molecular weight excluding hydrogens is 160 g/mol. The Labute approximate surface area is 82.2 Å².